The van der Waals surface area contributed by atoms with Crippen LogP contribution < -0.4 is 11.1 Å². The summed E-state index contributed by atoms with van der Waals surface area (Å²) in [5.41, 5.74) is 6.13. The zero-order chi connectivity index (χ0) is 11.3. The highest BCUT2D eigenvalue weighted by atomic mass is 15.2. The molecule has 3 atom stereocenters. The van der Waals surface area contributed by atoms with Crippen LogP contribution in [0.15, 0.2) is 0 Å². The maximum Gasteiger partial charge on any atom is 0.0125 e. The van der Waals surface area contributed by atoms with Crippen molar-refractivity contribution >= 4 is 0 Å². The van der Waals surface area contributed by atoms with Gasteiger partial charge in [0.1, 0.15) is 0 Å². The van der Waals surface area contributed by atoms with Crippen molar-refractivity contribution in [3.8, 4) is 0 Å². The van der Waals surface area contributed by atoms with Crippen LogP contribution in [-0.2, 0) is 0 Å². The molecule has 0 bridgehead atoms. The lowest BCUT2D eigenvalue weighted by Gasteiger charge is -2.39. The van der Waals surface area contributed by atoms with Crippen molar-refractivity contribution < 1.29 is 0 Å². The van der Waals surface area contributed by atoms with Crippen LogP contribution in [0.3, 0.4) is 0 Å². The second-order valence-corrected chi connectivity index (χ2v) is 4.60. The van der Waals surface area contributed by atoms with E-state index >= 15 is 0 Å². The Kier molecular flexibility index (Phi) is 5.58. The lowest BCUT2D eigenvalue weighted by molar-refractivity contribution is 0.142. The van der Waals surface area contributed by atoms with E-state index in [-0.39, 0.29) is 0 Å². The van der Waals surface area contributed by atoms with Gasteiger partial charge < -0.3 is 16.0 Å². The number of hydrogen-bond donors (Lipinski definition) is 2. The summed E-state index contributed by atoms with van der Waals surface area (Å²) in [6.07, 6.45) is 3.58. The molecule has 1 rings (SSSR count). The molecule has 0 unspecified atom stereocenters. The molecule has 0 aromatic rings. The number of nitrogens with one attached hydrogen (secondary N) is 1. The third-order valence-electron chi connectivity index (χ3n) is 3.54. The fourth-order valence-electron chi connectivity index (χ4n) is 2.83. The molecule has 0 heterocycles. The number of hydrogen-bond acceptors (Lipinski definition) is 3. The van der Waals surface area contributed by atoms with Gasteiger partial charge in [-0.3, -0.25) is 0 Å². The summed E-state index contributed by atoms with van der Waals surface area (Å²) < 4.78 is 0. The Morgan fingerprint density at radius 3 is 2.33 bits per heavy atom. The highest BCUT2D eigenvalue weighted by molar-refractivity contribution is 4.89. The average molecular weight is 213 g/mol. The van der Waals surface area contributed by atoms with Gasteiger partial charge in [0, 0.05) is 18.1 Å². The fraction of sp³-hybridized carbons (Fsp3) is 1.00. The second kappa shape index (κ2) is 6.46. The van der Waals surface area contributed by atoms with Crippen LogP contribution in [0.25, 0.3) is 0 Å². The van der Waals surface area contributed by atoms with Crippen molar-refractivity contribution in [2.45, 2.75) is 58.2 Å². The van der Waals surface area contributed by atoms with Gasteiger partial charge in [0.15, 0.2) is 0 Å². The summed E-state index contributed by atoms with van der Waals surface area (Å²) >= 11 is 0. The predicted molar refractivity (Wildman–Crippen MR) is 66.0 cm³/mol. The van der Waals surface area contributed by atoms with E-state index in [1.165, 1.54) is 12.8 Å². The SMILES string of the molecule is CCN[C@@H]1C[C@H](N)C[C@H](N(CC)CC)C1. The van der Waals surface area contributed by atoms with Crippen LogP contribution in [0, 0.1) is 0 Å². The molecule has 1 aliphatic rings. The highest BCUT2D eigenvalue weighted by Crippen LogP contribution is 2.22. The standard InChI is InChI=1S/C12H27N3/c1-4-14-11-7-10(13)8-12(9-11)15(5-2)6-3/h10-12,14H,4-9,13H2,1-3H3/t10-,11+,12-/m0/s1. The summed E-state index contributed by atoms with van der Waals surface area (Å²) in [6, 6.07) is 1.70. The van der Waals surface area contributed by atoms with E-state index in [4.69, 9.17) is 5.73 Å². The number of nitrogens with two attached hydrogens (primary N) is 1. The molecule has 0 aromatic carbocycles. The minimum atomic E-state index is 0.383. The first kappa shape index (κ1) is 12.9. The van der Waals surface area contributed by atoms with E-state index in [2.05, 4.69) is 31.0 Å². The Morgan fingerprint density at radius 1 is 1.13 bits per heavy atom. The predicted octanol–water partition coefficient (Wildman–Crippen LogP) is 1.19. The first-order valence-electron chi connectivity index (χ1n) is 6.44. The van der Waals surface area contributed by atoms with Crippen LogP contribution in [0.1, 0.15) is 40.0 Å². The Hall–Kier alpha value is -0.120. The van der Waals surface area contributed by atoms with Crippen LogP contribution in [-0.4, -0.2) is 42.7 Å². The molecule has 90 valence electrons. The molecule has 1 saturated carbocycles. The zero-order valence-electron chi connectivity index (χ0n) is 10.5. The van der Waals surface area contributed by atoms with Crippen molar-refractivity contribution in [1.82, 2.24) is 10.2 Å². The van der Waals surface area contributed by atoms with E-state index in [1.807, 2.05) is 0 Å². The highest BCUT2D eigenvalue weighted by Gasteiger charge is 2.28. The van der Waals surface area contributed by atoms with E-state index < -0.39 is 0 Å². The van der Waals surface area contributed by atoms with Gasteiger partial charge in [0.25, 0.3) is 0 Å². The van der Waals surface area contributed by atoms with Crippen molar-refractivity contribution in [2.75, 3.05) is 19.6 Å². The third-order valence-corrected chi connectivity index (χ3v) is 3.54. The molecular weight excluding hydrogens is 186 g/mol. The van der Waals surface area contributed by atoms with Crippen molar-refractivity contribution in [3.63, 3.8) is 0 Å². The van der Waals surface area contributed by atoms with Crippen molar-refractivity contribution in [1.29, 1.82) is 0 Å². The molecule has 0 aromatic heterocycles. The van der Waals surface area contributed by atoms with Crippen LogP contribution >= 0.6 is 0 Å². The van der Waals surface area contributed by atoms with E-state index in [0.29, 0.717) is 18.1 Å². The minimum Gasteiger partial charge on any atom is -0.328 e. The maximum absolute atomic E-state index is 6.13. The molecule has 1 aliphatic carbocycles. The van der Waals surface area contributed by atoms with Gasteiger partial charge in [0.2, 0.25) is 0 Å². The van der Waals surface area contributed by atoms with Gasteiger partial charge >= 0.3 is 0 Å². The van der Waals surface area contributed by atoms with Gasteiger partial charge in [-0.15, -0.1) is 0 Å². The molecule has 0 aliphatic heterocycles. The molecule has 0 spiro atoms. The minimum absolute atomic E-state index is 0.383. The van der Waals surface area contributed by atoms with Crippen molar-refractivity contribution in [3.05, 3.63) is 0 Å². The summed E-state index contributed by atoms with van der Waals surface area (Å²) in [7, 11) is 0. The molecule has 3 heteroatoms. The quantitative estimate of drug-likeness (QED) is 0.721. The molecule has 0 radical (unpaired) electrons. The third kappa shape index (κ3) is 3.74. The summed E-state index contributed by atoms with van der Waals surface area (Å²) in [5.74, 6) is 0. The molecule has 1 fully saturated rings. The number of nitrogens with zero attached hydrogens (tertiary/aromatic N) is 1. The summed E-state index contributed by atoms with van der Waals surface area (Å²) in [5, 5.41) is 3.54. The lowest BCUT2D eigenvalue weighted by atomic mass is 9.86. The smallest absolute Gasteiger partial charge is 0.0125 e. The Bertz CT molecular complexity index is 168. The first-order valence-corrected chi connectivity index (χ1v) is 6.44. The van der Waals surface area contributed by atoms with E-state index in [1.54, 1.807) is 0 Å². The van der Waals surface area contributed by atoms with E-state index in [9.17, 15) is 0 Å². The fourth-order valence-corrected chi connectivity index (χ4v) is 2.83. The molecule has 0 amide bonds. The Morgan fingerprint density at radius 2 is 1.80 bits per heavy atom. The topological polar surface area (TPSA) is 41.3 Å². The van der Waals surface area contributed by atoms with Crippen LogP contribution in [0.5, 0.6) is 0 Å². The second-order valence-electron chi connectivity index (χ2n) is 4.60. The van der Waals surface area contributed by atoms with Gasteiger partial charge in [0.05, 0.1) is 0 Å². The maximum atomic E-state index is 6.13. The van der Waals surface area contributed by atoms with E-state index in [0.717, 1.165) is 26.1 Å². The van der Waals surface area contributed by atoms with Crippen LogP contribution in [0.2, 0.25) is 0 Å². The van der Waals surface area contributed by atoms with Crippen LogP contribution in [0.4, 0.5) is 0 Å². The molecule has 3 nitrogen and oxygen atoms in total. The largest absolute Gasteiger partial charge is 0.328 e. The summed E-state index contributed by atoms with van der Waals surface area (Å²) in [4.78, 5) is 2.54. The Labute approximate surface area is 94.4 Å². The first-order chi connectivity index (χ1) is 7.21. The molecule has 0 saturated heterocycles. The lowest BCUT2D eigenvalue weighted by Crippen LogP contribution is -2.50. The normalized spacial score (nSPS) is 32.2. The number of rotatable bonds is 5. The zero-order valence-corrected chi connectivity index (χ0v) is 10.5. The Balaban J connectivity index is 2.50. The average Bonchev–Trinajstić information content (AvgIpc) is 2.19. The van der Waals surface area contributed by atoms with Crippen molar-refractivity contribution in [2.24, 2.45) is 5.73 Å². The summed E-state index contributed by atoms with van der Waals surface area (Å²) in [6.45, 7) is 10.0. The van der Waals surface area contributed by atoms with Gasteiger partial charge in [-0.25, -0.2) is 0 Å². The molecule has 15 heavy (non-hydrogen) atoms. The van der Waals surface area contributed by atoms with Gasteiger partial charge in [-0.2, -0.15) is 0 Å². The van der Waals surface area contributed by atoms with Gasteiger partial charge in [-0.1, -0.05) is 20.8 Å². The monoisotopic (exact) mass is 213 g/mol. The molecule has 3 N–H and O–H groups in total. The van der Waals surface area contributed by atoms with Gasteiger partial charge in [-0.05, 0) is 38.9 Å². The molecular formula is C12H27N3.